The minimum Gasteiger partial charge on any atom is -0.352 e. The summed E-state index contributed by atoms with van der Waals surface area (Å²) in [6.45, 7) is 7.73. The molecule has 0 amide bonds. The van der Waals surface area contributed by atoms with E-state index in [1.54, 1.807) is 0 Å². The summed E-state index contributed by atoms with van der Waals surface area (Å²) in [5.41, 5.74) is 0. The summed E-state index contributed by atoms with van der Waals surface area (Å²) in [7, 11) is 0. The highest BCUT2D eigenvalue weighted by Crippen LogP contribution is 2.38. The Labute approximate surface area is 93.3 Å². The van der Waals surface area contributed by atoms with Gasteiger partial charge in [0.2, 0.25) is 0 Å². The first-order valence-electron chi connectivity index (χ1n) is 6.47. The van der Waals surface area contributed by atoms with Crippen LogP contribution in [0.3, 0.4) is 0 Å². The smallest absolute Gasteiger partial charge is 0.160 e. The maximum atomic E-state index is 5.99. The SMILES string of the molecule is CC1OC2OCCCCCC1C(C)C2C. The zero-order chi connectivity index (χ0) is 10.8. The van der Waals surface area contributed by atoms with Crippen molar-refractivity contribution in [3.05, 3.63) is 0 Å². The molecular weight excluding hydrogens is 188 g/mol. The van der Waals surface area contributed by atoms with Crippen LogP contribution in [-0.2, 0) is 9.47 Å². The molecule has 0 aromatic carbocycles. The van der Waals surface area contributed by atoms with E-state index in [4.69, 9.17) is 9.47 Å². The minimum atomic E-state index is 0.0457. The number of hydrogen-bond donors (Lipinski definition) is 0. The maximum absolute atomic E-state index is 5.99. The fourth-order valence-electron chi connectivity index (χ4n) is 3.05. The average molecular weight is 212 g/mol. The largest absolute Gasteiger partial charge is 0.352 e. The predicted octanol–water partition coefficient (Wildman–Crippen LogP) is 3.21. The summed E-state index contributed by atoms with van der Waals surface area (Å²) in [5.74, 6) is 2.01. The molecule has 3 aliphatic heterocycles. The Hall–Kier alpha value is -0.0800. The monoisotopic (exact) mass is 212 g/mol. The fourth-order valence-corrected chi connectivity index (χ4v) is 3.05. The molecule has 15 heavy (non-hydrogen) atoms. The van der Waals surface area contributed by atoms with Crippen molar-refractivity contribution in [1.29, 1.82) is 0 Å². The maximum Gasteiger partial charge on any atom is 0.160 e. The lowest BCUT2D eigenvalue weighted by Gasteiger charge is -2.44. The molecule has 3 fully saturated rings. The lowest BCUT2D eigenvalue weighted by atomic mass is 9.75. The van der Waals surface area contributed by atoms with Gasteiger partial charge >= 0.3 is 0 Å². The number of ether oxygens (including phenoxy) is 2. The van der Waals surface area contributed by atoms with Crippen LogP contribution < -0.4 is 0 Å². The number of rotatable bonds is 0. The Balaban J connectivity index is 2.10. The van der Waals surface area contributed by atoms with Gasteiger partial charge in [-0.15, -0.1) is 0 Å². The van der Waals surface area contributed by atoms with Gasteiger partial charge < -0.3 is 9.47 Å². The summed E-state index contributed by atoms with van der Waals surface area (Å²) < 4.78 is 11.8. The zero-order valence-electron chi connectivity index (χ0n) is 10.2. The average Bonchev–Trinajstić information content (AvgIpc) is 2.23. The molecule has 0 aliphatic carbocycles. The molecule has 3 aliphatic rings. The molecule has 3 saturated heterocycles. The molecule has 2 nitrogen and oxygen atoms in total. The second-order valence-corrected chi connectivity index (χ2v) is 5.31. The molecule has 3 heterocycles. The van der Waals surface area contributed by atoms with E-state index in [0.717, 1.165) is 18.4 Å². The molecule has 0 radical (unpaired) electrons. The standard InChI is InChI=1S/C13H24O2/c1-9-10(2)13-14-8-6-4-5-7-12(9)11(3)15-13/h9-13H,4-8H2,1-3H3. The van der Waals surface area contributed by atoms with Crippen LogP contribution in [0.2, 0.25) is 0 Å². The van der Waals surface area contributed by atoms with Crippen LogP contribution in [0, 0.1) is 17.8 Å². The predicted molar refractivity (Wildman–Crippen MR) is 60.6 cm³/mol. The van der Waals surface area contributed by atoms with Crippen molar-refractivity contribution < 1.29 is 9.47 Å². The Kier molecular flexibility index (Phi) is 3.68. The van der Waals surface area contributed by atoms with Gasteiger partial charge in [-0.2, -0.15) is 0 Å². The van der Waals surface area contributed by atoms with Crippen molar-refractivity contribution in [1.82, 2.24) is 0 Å². The molecule has 5 atom stereocenters. The Morgan fingerprint density at radius 1 is 0.933 bits per heavy atom. The van der Waals surface area contributed by atoms with E-state index in [1.807, 2.05) is 0 Å². The topological polar surface area (TPSA) is 18.5 Å². The van der Waals surface area contributed by atoms with Crippen molar-refractivity contribution in [2.75, 3.05) is 6.61 Å². The van der Waals surface area contributed by atoms with Crippen LogP contribution in [0.25, 0.3) is 0 Å². The normalized spacial score (nSPS) is 47.8. The molecule has 2 bridgehead atoms. The zero-order valence-corrected chi connectivity index (χ0v) is 10.2. The van der Waals surface area contributed by atoms with Crippen LogP contribution >= 0.6 is 0 Å². The van der Waals surface area contributed by atoms with Gasteiger partial charge in [-0.05, 0) is 31.6 Å². The van der Waals surface area contributed by atoms with Crippen molar-refractivity contribution >= 4 is 0 Å². The van der Waals surface area contributed by atoms with Gasteiger partial charge in [0, 0.05) is 12.5 Å². The molecule has 5 unspecified atom stereocenters. The summed E-state index contributed by atoms with van der Waals surface area (Å²) in [6, 6.07) is 0. The molecule has 0 spiro atoms. The first-order chi connectivity index (χ1) is 7.20. The van der Waals surface area contributed by atoms with Gasteiger partial charge in [0.25, 0.3) is 0 Å². The Morgan fingerprint density at radius 3 is 2.53 bits per heavy atom. The quantitative estimate of drug-likeness (QED) is 0.614. The number of fused-ring (bicyclic) bond motifs is 7. The van der Waals surface area contributed by atoms with Crippen LogP contribution in [0.15, 0.2) is 0 Å². The lowest BCUT2D eigenvalue weighted by Crippen LogP contribution is -2.46. The third kappa shape index (κ3) is 2.36. The van der Waals surface area contributed by atoms with E-state index in [2.05, 4.69) is 20.8 Å². The van der Waals surface area contributed by atoms with Crippen molar-refractivity contribution in [2.45, 2.75) is 58.8 Å². The van der Waals surface area contributed by atoms with Crippen molar-refractivity contribution in [3.8, 4) is 0 Å². The third-order valence-electron chi connectivity index (χ3n) is 4.35. The summed E-state index contributed by atoms with van der Waals surface area (Å²) in [6.07, 6.45) is 5.60. The highest BCUT2D eigenvalue weighted by atomic mass is 16.7. The van der Waals surface area contributed by atoms with Gasteiger partial charge in [-0.1, -0.05) is 26.7 Å². The van der Waals surface area contributed by atoms with Crippen LogP contribution in [0.4, 0.5) is 0 Å². The Morgan fingerprint density at radius 2 is 1.73 bits per heavy atom. The molecule has 0 saturated carbocycles. The van der Waals surface area contributed by atoms with Gasteiger partial charge in [-0.3, -0.25) is 0 Å². The molecule has 2 heteroatoms. The van der Waals surface area contributed by atoms with Crippen molar-refractivity contribution in [3.63, 3.8) is 0 Å². The third-order valence-corrected chi connectivity index (χ3v) is 4.35. The van der Waals surface area contributed by atoms with E-state index in [-0.39, 0.29) is 6.29 Å². The van der Waals surface area contributed by atoms with Crippen LogP contribution in [0.5, 0.6) is 0 Å². The van der Waals surface area contributed by atoms with Crippen molar-refractivity contribution in [2.24, 2.45) is 17.8 Å². The van der Waals surface area contributed by atoms with E-state index < -0.39 is 0 Å². The Bertz CT molecular complexity index is 203. The van der Waals surface area contributed by atoms with E-state index in [1.165, 1.54) is 25.7 Å². The molecule has 0 aromatic rings. The molecule has 3 rings (SSSR count). The minimum absolute atomic E-state index is 0.0457. The summed E-state index contributed by atoms with van der Waals surface area (Å²) in [5, 5.41) is 0. The van der Waals surface area contributed by atoms with Crippen LogP contribution in [-0.4, -0.2) is 19.0 Å². The fraction of sp³-hybridized carbons (Fsp3) is 1.00. The second kappa shape index (κ2) is 4.84. The van der Waals surface area contributed by atoms with E-state index >= 15 is 0 Å². The molecule has 0 N–H and O–H groups in total. The molecule has 0 aromatic heterocycles. The molecule has 88 valence electrons. The highest BCUT2D eigenvalue weighted by molar-refractivity contribution is 4.83. The first kappa shape index (κ1) is 11.4. The first-order valence-corrected chi connectivity index (χ1v) is 6.47. The van der Waals surface area contributed by atoms with Gasteiger partial charge in [0.05, 0.1) is 6.10 Å². The van der Waals surface area contributed by atoms with E-state index in [9.17, 15) is 0 Å². The van der Waals surface area contributed by atoms with Gasteiger partial charge in [0.1, 0.15) is 0 Å². The van der Waals surface area contributed by atoms with Gasteiger partial charge in [0.15, 0.2) is 6.29 Å². The molecular formula is C13H24O2. The second-order valence-electron chi connectivity index (χ2n) is 5.31. The van der Waals surface area contributed by atoms with E-state index in [0.29, 0.717) is 12.0 Å². The van der Waals surface area contributed by atoms with Gasteiger partial charge in [-0.25, -0.2) is 0 Å². The lowest BCUT2D eigenvalue weighted by molar-refractivity contribution is -0.249. The van der Waals surface area contributed by atoms with Crippen LogP contribution in [0.1, 0.15) is 46.5 Å². The summed E-state index contributed by atoms with van der Waals surface area (Å²) >= 11 is 0. The summed E-state index contributed by atoms with van der Waals surface area (Å²) in [4.78, 5) is 0. The highest BCUT2D eigenvalue weighted by Gasteiger charge is 2.39. The number of hydrogen-bond acceptors (Lipinski definition) is 2.